The highest BCUT2D eigenvalue weighted by molar-refractivity contribution is 6.30. The number of hydrogen-bond donors (Lipinski definition) is 2. The van der Waals surface area contributed by atoms with Crippen LogP contribution >= 0.6 is 11.6 Å². The second kappa shape index (κ2) is 11.0. The number of nitrogens with one attached hydrogen (secondary N) is 2. The predicted octanol–water partition coefficient (Wildman–Crippen LogP) is 3.13. The summed E-state index contributed by atoms with van der Waals surface area (Å²) in [4.78, 5) is 14.2. The van der Waals surface area contributed by atoms with Crippen molar-refractivity contribution in [3.05, 3.63) is 58.7 Å². The maximum atomic E-state index is 5.95. The largest absolute Gasteiger partial charge is 0.357 e. The van der Waals surface area contributed by atoms with E-state index in [-0.39, 0.29) is 0 Å². The zero-order chi connectivity index (χ0) is 20.5. The van der Waals surface area contributed by atoms with Crippen molar-refractivity contribution >= 4 is 23.4 Å². The summed E-state index contributed by atoms with van der Waals surface area (Å²) in [7, 11) is 0. The molecule has 1 saturated heterocycles. The fourth-order valence-corrected chi connectivity index (χ4v) is 3.42. The van der Waals surface area contributed by atoms with Crippen LogP contribution in [0.1, 0.15) is 25.0 Å². The summed E-state index contributed by atoms with van der Waals surface area (Å²) in [5.74, 6) is 1.85. The Morgan fingerprint density at radius 2 is 1.72 bits per heavy atom. The molecule has 2 N–H and O–H groups in total. The van der Waals surface area contributed by atoms with Crippen molar-refractivity contribution < 1.29 is 0 Å². The van der Waals surface area contributed by atoms with Crippen molar-refractivity contribution in [2.45, 2.75) is 26.9 Å². The molecule has 1 fully saturated rings. The molecular weight excluding hydrogens is 384 g/mol. The van der Waals surface area contributed by atoms with Crippen LogP contribution in [0.5, 0.6) is 0 Å². The van der Waals surface area contributed by atoms with E-state index in [0.29, 0.717) is 13.1 Å². The second-order valence-electron chi connectivity index (χ2n) is 7.12. The van der Waals surface area contributed by atoms with Gasteiger partial charge in [-0.3, -0.25) is 0 Å². The molecule has 6 nitrogen and oxygen atoms in total. The fraction of sp³-hybridized carbons (Fsp3) is 0.455. The number of halogens is 1. The van der Waals surface area contributed by atoms with Crippen molar-refractivity contribution in [2.75, 3.05) is 44.2 Å². The number of nitrogens with zero attached hydrogens (tertiary/aromatic N) is 4. The van der Waals surface area contributed by atoms with Crippen LogP contribution in [-0.4, -0.2) is 55.1 Å². The molecule has 29 heavy (non-hydrogen) atoms. The lowest BCUT2D eigenvalue weighted by Crippen LogP contribution is -2.46. The van der Waals surface area contributed by atoms with Crippen LogP contribution in [0.2, 0.25) is 5.02 Å². The molecule has 0 atom stereocenters. The van der Waals surface area contributed by atoms with Gasteiger partial charge in [0.15, 0.2) is 5.96 Å². The Labute approximate surface area is 179 Å². The molecule has 0 aliphatic carbocycles. The first-order valence-corrected chi connectivity index (χ1v) is 10.7. The van der Waals surface area contributed by atoms with Gasteiger partial charge in [-0.2, -0.15) is 0 Å². The summed E-state index contributed by atoms with van der Waals surface area (Å²) in [6.45, 7) is 11.8. The molecule has 7 heteroatoms. The average molecular weight is 415 g/mol. The van der Waals surface area contributed by atoms with Gasteiger partial charge >= 0.3 is 0 Å². The zero-order valence-corrected chi connectivity index (χ0v) is 18.1. The number of anilines is 1. The van der Waals surface area contributed by atoms with Gasteiger partial charge in [0, 0.05) is 50.5 Å². The van der Waals surface area contributed by atoms with Crippen LogP contribution in [0.15, 0.2) is 47.6 Å². The molecule has 1 aromatic heterocycles. The number of pyridine rings is 1. The third kappa shape index (κ3) is 6.61. The maximum absolute atomic E-state index is 5.95. The molecule has 1 aliphatic heterocycles. The highest BCUT2D eigenvalue weighted by atomic mass is 35.5. The summed E-state index contributed by atoms with van der Waals surface area (Å²) in [6, 6.07) is 12.1. The van der Waals surface area contributed by atoms with E-state index in [0.717, 1.165) is 67.2 Å². The number of benzene rings is 1. The smallest absolute Gasteiger partial charge is 0.191 e. The Kier molecular flexibility index (Phi) is 8.14. The maximum Gasteiger partial charge on any atom is 0.191 e. The molecule has 1 aromatic carbocycles. The molecule has 2 aromatic rings. The minimum Gasteiger partial charge on any atom is -0.357 e. The van der Waals surface area contributed by atoms with Gasteiger partial charge in [0.05, 0.1) is 6.54 Å². The lowest BCUT2D eigenvalue weighted by Gasteiger charge is -2.34. The monoisotopic (exact) mass is 414 g/mol. The number of guanidine groups is 1. The van der Waals surface area contributed by atoms with E-state index in [9.17, 15) is 0 Å². The molecule has 0 radical (unpaired) electrons. The average Bonchev–Trinajstić information content (AvgIpc) is 2.77. The second-order valence-corrected chi connectivity index (χ2v) is 7.56. The first-order valence-electron chi connectivity index (χ1n) is 10.4. The molecular formula is C22H31ClN6. The van der Waals surface area contributed by atoms with Crippen LogP contribution in [0.4, 0.5) is 5.82 Å². The van der Waals surface area contributed by atoms with Gasteiger partial charge in [0.2, 0.25) is 0 Å². The highest BCUT2D eigenvalue weighted by Gasteiger charge is 2.16. The number of aliphatic imine (C=N–C) groups is 1. The van der Waals surface area contributed by atoms with Crippen molar-refractivity contribution in [1.82, 2.24) is 20.5 Å². The van der Waals surface area contributed by atoms with Crippen LogP contribution in [0.25, 0.3) is 0 Å². The van der Waals surface area contributed by atoms with E-state index in [4.69, 9.17) is 11.6 Å². The Hall–Kier alpha value is -2.31. The van der Waals surface area contributed by atoms with Gasteiger partial charge in [-0.05, 0) is 42.8 Å². The summed E-state index contributed by atoms with van der Waals surface area (Å²) in [5, 5.41) is 7.40. The third-order valence-electron chi connectivity index (χ3n) is 5.09. The van der Waals surface area contributed by atoms with Gasteiger partial charge in [-0.15, -0.1) is 0 Å². The van der Waals surface area contributed by atoms with Crippen molar-refractivity contribution in [3.8, 4) is 0 Å². The number of likely N-dealkylation sites (N-methyl/N-ethyl adjacent to an activating group) is 1. The standard InChI is InChI=1S/C22H31ClN6/c1-3-24-22(26-15-18-5-8-20(23)9-6-18)27-17-19-7-10-21(25-16-19)29-13-11-28(4-2)12-14-29/h5-10,16H,3-4,11-15,17H2,1-2H3,(H2,24,26,27). The van der Waals surface area contributed by atoms with Crippen molar-refractivity contribution in [1.29, 1.82) is 0 Å². The fourth-order valence-electron chi connectivity index (χ4n) is 3.29. The van der Waals surface area contributed by atoms with Crippen LogP contribution in [-0.2, 0) is 13.1 Å². The third-order valence-corrected chi connectivity index (χ3v) is 5.34. The molecule has 0 saturated carbocycles. The summed E-state index contributed by atoms with van der Waals surface area (Å²) in [5.41, 5.74) is 2.26. The topological polar surface area (TPSA) is 55.8 Å². The van der Waals surface area contributed by atoms with E-state index >= 15 is 0 Å². The van der Waals surface area contributed by atoms with E-state index in [1.807, 2.05) is 30.5 Å². The molecule has 0 bridgehead atoms. The van der Waals surface area contributed by atoms with Crippen molar-refractivity contribution in [3.63, 3.8) is 0 Å². The quantitative estimate of drug-likeness (QED) is 0.538. The first-order chi connectivity index (χ1) is 14.2. The molecule has 3 rings (SSSR count). The summed E-state index contributed by atoms with van der Waals surface area (Å²) in [6.07, 6.45) is 1.94. The summed E-state index contributed by atoms with van der Waals surface area (Å²) >= 11 is 5.95. The van der Waals surface area contributed by atoms with E-state index in [1.165, 1.54) is 0 Å². The molecule has 0 spiro atoms. The number of aromatic nitrogens is 1. The van der Waals surface area contributed by atoms with Gasteiger partial charge in [-0.1, -0.05) is 36.7 Å². The summed E-state index contributed by atoms with van der Waals surface area (Å²) < 4.78 is 0. The molecule has 1 aliphatic rings. The number of piperazine rings is 1. The molecule has 0 amide bonds. The van der Waals surface area contributed by atoms with E-state index < -0.39 is 0 Å². The van der Waals surface area contributed by atoms with Crippen molar-refractivity contribution in [2.24, 2.45) is 4.99 Å². The minimum absolute atomic E-state index is 0.590. The molecule has 156 valence electrons. The number of rotatable bonds is 7. The van der Waals surface area contributed by atoms with Gasteiger partial charge in [0.25, 0.3) is 0 Å². The van der Waals surface area contributed by atoms with E-state index in [2.05, 4.69) is 56.4 Å². The predicted molar refractivity (Wildman–Crippen MR) is 122 cm³/mol. The van der Waals surface area contributed by atoms with Crippen LogP contribution < -0.4 is 15.5 Å². The highest BCUT2D eigenvalue weighted by Crippen LogP contribution is 2.14. The first kappa shape index (κ1) is 21.4. The molecule has 2 heterocycles. The Bertz CT molecular complexity index is 767. The normalized spacial score (nSPS) is 15.4. The van der Waals surface area contributed by atoms with Gasteiger partial charge in [-0.25, -0.2) is 9.98 Å². The van der Waals surface area contributed by atoms with E-state index in [1.54, 1.807) is 0 Å². The zero-order valence-electron chi connectivity index (χ0n) is 17.4. The van der Waals surface area contributed by atoms with Gasteiger partial charge < -0.3 is 20.4 Å². The SMILES string of the molecule is CCNC(=NCc1ccc(N2CCN(CC)CC2)nc1)NCc1ccc(Cl)cc1. The minimum atomic E-state index is 0.590. The lowest BCUT2D eigenvalue weighted by molar-refractivity contribution is 0.270. The van der Waals surface area contributed by atoms with Gasteiger partial charge in [0.1, 0.15) is 5.82 Å². The Morgan fingerprint density at radius 1 is 1.00 bits per heavy atom. The molecule has 0 unspecified atom stereocenters. The lowest BCUT2D eigenvalue weighted by atomic mass is 10.2. The number of hydrogen-bond acceptors (Lipinski definition) is 4. The van der Waals surface area contributed by atoms with Crippen LogP contribution in [0.3, 0.4) is 0 Å². The Morgan fingerprint density at radius 3 is 2.34 bits per heavy atom. The Balaban J connectivity index is 1.54. The van der Waals surface area contributed by atoms with Crippen LogP contribution in [0, 0.1) is 0 Å².